The zero-order valence-electron chi connectivity index (χ0n) is 10.7. The fourth-order valence-electron chi connectivity index (χ4n) is 1.74. The molecule has 0 bridgehead atoms. The highest BCUT2D eigenvalue weighted by Crippen LogP contribution is 2.33. The molecule has 0 unspecified atom stereocenters. The number of carbonyl (C=O) groups is 2. The van der Waals surface area contributed by atoms with Crippen LogP contribution in [0.4, 0.5) is 0 Å². The third-order valence-corrected chi connectivity index (χ3v) is 3.84. The molecule has 0 fully saturated rings. The van der Waals surface area contributed by atoms with Gasteiger partial charge in [0.2, 0.25) is 0 Å². The van der Waals surface area contributed by atoms with Crippen molar-refractivity contribution in [1.82, 2.24) is 0 Å². The van der Waals surface area contributed by atoms with Gasteiger partial charge in [0.05, 0.1) is 11.1 Å². The van der Waals surface area contributed by atoms with Crippen molar-refractivity contribution in [2.45, 2.75) is 16.7 Å². The normalized spacial score (nSPS) is 10.2. The number of benzene rings is 2. The first kappa shape index (κ1) is 14.1. The van der Waals surface area contributed by atoms with Gasteiger partial charge in [-0.2, -0.15) is 0 Å². The van der Waals surface area contributed by atoms with Crippen LogP contribution in [0.1, 0.15) is 26.3 Å². The van der Waals surface area contributed by atoms with Gasteiger partial charge in [0.1, 0.15) is 0 Å². The Hall–Kier alpha value is -2.27. The molecule has 0 radical (unpaired) electrons. The van der Waals surface area contributed by atoms with Gasteiger partial charge in [-0.15, -0.1) is 0 Å². The van der Waals surface area contributed by atoms with Crippen LogP contribution in [0.15, 0.2) is 52.3 Å². The molecule has 0 aliphatic rings. The van der Waals surface area contributed by atoms with Crippen molar-refractivity contribution < 1.29 is 19.8 Å². The van der Waals surface area contributed by atoms with Gasteiger partial charge < -0.3 is 10.2 Å². The molecule has 5 heteroatoms. The zero-order valence-corrected chi connectivity index (χ0v) is 11.5. The smallest absolute Gasteiger partial charge is 0.336 e. The second-order valence-corrected chi connectivity index (χ2v) is 5.29. The van der Waals surface area contributed by atoms with Gasteiger partial charge in [-0.3, -0.25) is 0 Å². The van der Waals surface area contributed by atoms with Crippen molar-refractivity contribution in [3.05, 3.63) is 59.2 Å². The van der Waals surface area contributed by atoms with E-state index in [2.05, 4.69) is 0 Å². The van der Waals surface area contributed by atoms with Crippen LogP contribution in [0.2, 0.25) is 0 Å². The Kier molecular flexibility index (Phi) is 4.10. The van der Waals surface area contributed by atoms with E-state index in [4.69, 9.17) is 5.11 Å². The summed E-state index contributed by atoms with van der Waals surface area (Å²) in [4.78, 5) is 23.4. The molecule has 0 amide bonds. The lowest BCUT2D eigenvalue weighted by atomic mass is 10.1. The largest absolute Gasteiger partial charge is 0.478 e. The van der Waals surface area contributed by atoms with Gasteiger partial charge >= 0.3 is 11.9 Å². The highest BCUT2D eigenvalue weighted by molar-refractivity contribution is 7.99. The molecule has 0 aliphatic carbocycles. The lowest BCUT2D eigenvalue weighted by molar-refractivity contribution is 0.0683. The molecule has 0 saturated carbocycles. The average Bonchev–Trinajstić information content (AvgIpc) is 2.38. The van der Waals surface area contributed by atoms with Crippen molar-refractivity contribution >= 4 is 23.7 Å². The summed E-state index contributed by atoms with van der Waals surface area (Å²) >= 11 is 1.15. The number of hydrogen-bond acceptors (Lipinski definition) is 3. The van der Waals surface area contributed by atoms with Gasteiger partial charge in [0.15, 0.2) is 0 Å². The predicted molar refractivity (Wildman–Crippen MR) is 75.7 cm³/mol. The second kappa shape index (κ2) is 5.79. The van der Waals surface area contributed by atoms with Gasteiger partial charge in [-0.05, 0) is 36.8 Å². The molecular weight excluding hydrogens is 276 g/mol. The number of hydrogen-bond donors (Lipinski definition) is 2. The monoisotopic (exact) mass is 288 g/mol. The summed E-state index contributed by atoms with van der Waals surface area (Å²) in [5.74, 6) is -2.06. The van der Waals surface area contributed by atoms with E-state index in [0.717, 1.165) is 17.3 Å². The van der Waals surface area contributed by atoms with E-state index >= 15 is 0 Å². The van der Waals surface area contributed by atoms with Crippen LogP contribution in [0.5, 0.6) is 0 Å². The van der Waals surface area contributed by atoms with E-state index in [1.807, 2.05) is 6.92 Å². The Bertz CT molecular complexity index is 679. The number of aryl methyl sites for hydroxylation is 1. The lowest BCUT2D eigenvalue weighted by Gasteiger charge is -2.09. The van der Waals surface area contributed by atoms with Crippen LogP contribution in [-0.4, -0.2) is 22.2 Å². The van der Waals surface area contributed by atoms with Crippen LogP contribution in [0.3, 0.4) is 0 Å². The molecule has 20 heavy (non-hydrogen) atoms. The molecule has 0 spiro atoms. The number of rotatable bonds is 4. The standard InChI is InChI=1S/C15H12O4S/c1-9-6-7-11(15(18)19)13(8-9)20-12-5-3-2-4-10(12)14(16)17/h2-8H,1H3,(H,16,17)(H,18,19). The third-order valence-electron chi connectivity index (χ3n) is 2.70. The summed E-state index contributed by atoms with van der Waals surface area (Å²) in [6, 6.07) is 11.5. The zero-order chi connectivity index (χ0) is 14.7. The number of carboxylic acids is 2. The van der Waals surface area contributed by atoms with Crippen molar-refractivity contribution in [2.24, 2.45) is 0 Å². The quantitative estimate of drug-likeness (QED) is 0.900. The molecule has 2 N–H and O–H groups in total. The highest BCUT2D eigenvalue weighted by atomic mass is 32.2. The average molecular weight is 288 g/mol. The first-order chi connectivity index (χ1) is 9.49. The molecule has 0 aliphatic heterocycles. The minimum atomic E-state index is -1.03. The molecule has 4 nitrogen and oxygen atoms in total. The molecule has 102 valence electrons. The fraction of sp³-hybridized carbons (Fsp3) is 0.0667. The van der Waals surface area contributed by atoms with Crippen molar-refractivity contribution in [3.63, 3.8) is 0 Å². The van der Waals surface area contributed by atoms with Gasteiger partial charge in [-0.1, -0.05) is 30.0 Å². The number of aromatic carboxylic acids is 2. The summed E-state index contributed by atoms with van der Waals surface area (Å²) in [7, 11) is 0. The van der Waals surface area contributed by atoms with Gasteiger partial charge in [0.25, 0.3) is 0 Å². The summed E-state index contributed by atoms with van der Waals surface area (Å²) in [6.07, 6.45) is 0. The van der Waals surface area contributed by atoms with Crippen molar-refractivity contribution in [2.75, 3.05) is 0 Å². The minimum Gasteiger partial charge on any atom is -0.478 e. The molecular formula is C15H12O4S. The molecule has 2 aromatic rings. The van der Waals surface area contributed by atoms with E-state index in [9.17, 15) is 14.7 Å². The summed E-state index contributed by atoms with van der Waals surface area (Å²) in [5.41, 5.74) is 1.25. The second-order valence-electron chi connectivity index (χ2n) is 4.21. The lowest BCUT2D eigenvalue weighted by Crippen LogP contribution is -2.01. The van der Waals surface area contributed by atoms with Crippen LogP contribution >= 0.6 is 11.8 Å². The van der Waals surface area contributed by atoms with E-state index in [0.29, 0.717) is 9.79 Å². The molecule has 0 heterocycles. The predicted octanol–water partition coefficient (Wildman–Crippen LogP) is 3.54. The van der Waals surface area contributed by atoms with E-state index in [-0.39, 0.29) is 11.1 Å². The fourth-order valence-corrected chi connectivity index (χ4v) is 2.90. The molecule has 2 rings (SSSR count). The maximum Gasteiger partial charge on any atom is 0.336 e. The van der Waals surface area contributed by atoms with E-state index in [1.165, 1.54) is 12.1 Å². The van der Waals surface area contributed by atoms with Crippen LogP contribution in [0, 0.1) is 6.92 Å². The first-order valence-electron chi connectivity index (χ1n) is 5.83. The van der Waals surface area contributed by atoms with Crippen molar-refractivity contribution in [1.29, 1.82) is 0 Å². The Morgan fingerprint density at radius 1 is 0.900 bits per heavy atom. The molecule has 0 aromatic heterocycles. The van der Waals surface area contributed by atoms with Crippen LogP contribution in [0.25, 0.3) is 0 Å². The maximum absolute atomic E-state index is 11.2. The SMILES string of the molecule is Cc1ccc(C(=O)O)c(Sc2ccccc2C(=O)O)c1. The van der Waals surface area contributed by atoms with Gasteiger partial charge in [0, 0.05) is 9.79 Å². The Labute approximate surface area is 120 Å². The minimum absolute atomic E-state index is 0.162. The summed E-state index contributed by atoms with van der Waals surface area (Å²) in [6.45, 7) is 1.86. The number of carboxylic acid groups (broad SMARTS) is 2. The topological polar surface area (TPSA) is 74.6 Å². The molecule has 0 saturated heterocycles. The first-order valence-corrected chi connectivity index (χ1v) is 6.65. The van der Waals surface area contributed by atoms with Gasteiger partial charge in [-0.25, -0.2) is 9.59 Å². The highest BCUT2D eigenvalue weighted by Gasteiger charge is 2.15. The van der Waals surface area contributed by atoms with Crippen LogP contribution < -0.4 is 0 Å². The summed E-state index contributed by atoms with van der Waals surface area (Å²) < 4.78 is 0. The van der Waals surface area contributed by atoms with Crippen molar-refractivity contribution in [3.8, 4) is 0 Å². The summed E-state index contributed by atoms with van der Waals surface area (Å²) in [5, 5.41) is 18.3. The van der Waals surface area contributed by atoms with E-state index < -0.39 is 11.9 Å². The Balaban J connectivity index is 2.47. The van der Waals surface area contributed by atoms with E-state index in [1.54, 1.807) is 30.3 Å². The molecule has 2 aromatic carbocycles. The molecule has 0 atom stereocenters. The Morgan fingerprint density at radius 2 is 1.50 bits per heavy atom. The van der Waals surface area contributed by atoms with Crippen LogP contribution in [-0.2, 0) is 0 Å². The third kappa shape index (κ3) is 3.00. The Morgan fingerprint density at radius 3 is 2.15 bits per heavy atom. The maximum atomic E-state index is 11.2.